The first-order valence-electron chi connectivity index (χ1n) is 17.2. The van der Waals surface area contributed by atoms with Crippen LogP contribution in [-0.2, 0) is 36.8 Å². The number of benzene rings is 4. The second-order valence-electron chi connectivity index (χ2n) is 12.6. The summed E-state index contributed by atoms with van der Waals surface area (Å²) in [4.78, 5) is 53.2. The molecule has 3 atom stereocenters. The Labute approximate surface area is 310 Å². The molecule has 1 unspecified atom stereocenters. The van der Waals surface area contributed by atoms with Crippen LogP contribution in [0, 0.1) is 0 Å². The quantitative estimate of drug-likeness (QED) is 0.113. The predicted octanol–water partition coefficient (Wildman–Crippen LogP) is 4.92. The molecule has 1 heterocycles. The largest absolute Gasteiger partial charge is 0.496 e. The Kier molecular flexibility index (Phi) is 14.0. The molecule has 0 spiro atoms. The number of methoxy groups -OCH3 is 3. The number of esters is 1. The van der Waals surface area contributed by atoms with Gasteiger partial charge in [0.25, 0.3) is 0 Å². The minimum atomic E-state index is -1.07. The molecule has 3 amide bonds. The highest BCUT2D eigenvalue weighted by atomic mass is 35.5. The highest BCUT2D eigenvalue weighted by Crippen LogP contribution is 2.48. The van der Waals surface area contributed by atoms with Gasteiger partial charge in [-0.15, -0.1) is 12.4 Å². The molecule has 52 heavy (non-hydrogen) atoms. The normalized spacial score (nSPS) is 18.5. The van der Waals surface area contributed by atoms with E-state index in [0.717, 1.165) is 38.2 Å². The number of nitrogens with two attached hydrogens (primary N) is 1. The highest BCUT2D eigenvalue weighted by Gasteiger charge is 2.31. The first kappa shape index (κ1) is 39.7. The number of unbranched alkanes of at least 4 members (excludes halogenated alkanes) is 1. The van der Waals surface area contributed by atoms with E-state index in [1.165, 1.54) is 14.0 Å². The molecule has 4 bridgehead atoms. The summed E-state index contributed by atoms with van der Waals surface area (Å²) in [6, 6.07) is 17.0. The van der Waals surface area contributed by atoms with Crippen molar-refractivity contribution in [3.8, 4) is 22.6 Å². The van der Waals surface area contributed by atoms with Crippen LogP contribution in [-0.4, -0.2) is 69.7 Å². The van der Waals surface area contributed by atoms with E-state index < -0.39 is 41.8 Å². The Balaban J connectivity index is 0.00000605. The van der Waals surface area contributed by atoms with E-state index >= 15 is 0 Å². The summed E-state index contributed by atoms with van der Waals surface area (Å²) >= 11 is 0. The lowest BCUT2D eigenvalue weighted by atomic mass is 9.87. The molecule has 1 aliphatic heterocycles. The number of hydrogen-bond donors (Lipinski definition) is 4. The van der Waals surface area contributed by atoms with Crippen molar-refractivity contribution < 1.29 is 33.4 Å². The summed E-state index contributed by atoms with van der Waals surface area (Å²) in [6.07, 6.45) is 5.89. The first-order chi connectivity index (χ1) is 24.7. The second-order valence-corrected chi connectivity index (χ2v) is 12.6. The van der Waals surface area contributed by atoms with Crippen LogP contribution in [0.3, 0.4) is 0 Å². The molecule has 0 saturated carbocycles. The zero-order valence-corrected chi connectivity index (χ0v) is 30.8. The topological polar surface area (TPSA) is 158 Å². The SMILES string of the molecule is COC(=O)[C@H]1C/C=C/Cc2cc3ccccc3c(c2OC)-c2c(OC)c(cc3ccccc23)CC(NC(C)=O)C(=O)N[C@H](CCCCN)C(=O)N1.Cl. The van der Waals surface area contributed by atoms with Crippen LogP contribution in [0.15, 0.2) is 72.8 Å². The van der Waals surface area contributed by atoms with E-state index in [-0.39, 0.29) is 31.7 Å². The van der Waals surface area contributed by atoms with Gasteiger partial charge in [-0.05, 0) is 83.5 Å². The molecule has 0 aromatic heterocycles. The van der Waals surface area contributed by atoms with Crippen molar-refractivity contribution in [1.29, 1.82) is 0 Å². The van der Waals surface area contributed by atoms with Gasteiger partial charge in [0.15, 0.2) is 0 Å². The van der Waals surface area contributed by atoms with E-state index in [0.29, 0.717) is 42.9 Å². The molecule has 4 aromatic rings. The Morgan fingerprint density at radius 3 is 2.00 bits per heavy atom. The summed E-state index contributed by atoms with van der Waals surface area (Å²) in [7, 11) is 4.49. The number of amides is 3. The molecule has 12 heteroatoms. The fourth-order valence-electron chi connectivity index (χ4n) is 6.82. The lowest BCUT2D eigenvalue weighted by molar-refractivity contribution is -0.145. The summed E-state index contributed by atoms with van der Waals surface area (Å²) in [5.41, 5.74) is 8.92. The van der Waals surface area contributed by atoms with E-state index in [9.17, 15) is 19.2 Å². The van der Waals surface area contributed by atoms with E-state index in [4.69, 9.17) is 19.9 Å². The smallest absolute Gasteiger partial charge is 0.328 e. The Morgan fingerprint density at radius 2 is 1.42 bits per heavy atom. The van der Waals surface area contributed by atoms with Gasteiger partial charge in [-0.2, -0.15) is 0 Å². The van der Waals surface area contributed by atoms with Crippen LogP contribution < -0.4 is 31.2 Å². The lowest BCUT2D eigenvalue weighted by Crippen LogP contribution is -2.56. The summed E-state index contributed by atoms with van der Waals surface area (Å²) in [5, 5.41) is 12.2. The standard InChI is InChI=1S/C40H46N4O7.ClH/c1-24(45)42-33-23-28-22-26-14-6-9-17-30(26)35(37(28)50-3)34-29-16-8-5-13-25(29)21-27(36(34)49-2)15-7-10-19-32(40(48)51-4)44-38(46)31(43-39(33)47)18-11-12-20-41;/h5-10,13-14,16-17,21-22,31-33H,11-12,15,18-20,23,41H2,1-4H3,(H,42,45)(H,43,47)(H,44,46);1H/b10-7+;/t31-,32-,33?;/m1./s1. The number of allylic oxidation sites excluding steroid dienone is 1. The fraction of sp³-hybridized carbons (Fsp3) is 0.350. The molecule has 5 rings (SSSR count). The lowest BCUT2D eigenvalue weighted by Gasteiger charge is -2.26. The van der Waals surface area contributed by atoms with Gasteiger partial charge in [-0.1, -0.05) is 60.7 Å². The molecule has 0 saturated heterocycles. The maximum atomic E-state index is 14.1. The van der Waals surface area contributed by atoms with Crippen molar-refractivity contribution in [3.63, 3.8) is 0 Å². The zero-order valence-electron chi connectivity index (χ0n) is 30.0. The molecule has 0 fully saturated rings. The third kappa shape index (κ3) is 8.83. The van der Waals surface area contributed by atoms with Gasteiger partial charge in [0, 0.05) is 24.5 Å². The van der Waals surface area contributed by atoms with Crippen LogP contribution in [0.1, 0.15) is 43.7 Å². The Morgan fingerprint density at radius 1 is 0.827 bits per heavy atom. The van der Waals surface area contributed by atoms with Crippen molar-refractivity contribution in [1.82, 2.24) is 16.0 Å². The minimum Gasteiger partial charge on any atom is -0.496 e. The van der Waals surface area contributed by atoms with Gasteiger partial charge in [0.05, 0.1) is 21.3 Å². The molecule has 276 valence electrons. The molecule has 11 nitrogen and oxygen atoms in total. The second kappa shape index (κ2) is 18.4. The molecule has 1 aliphatic rings. The average Bonchev–Trinajstić information content (AvgIpc) is 3.13. The third-order valence-electron chi connectivity index (χ3n) is 9.19. The van der Waals surface area contributed by atoms with Gasteiger partial charge < -0.3 is 35.9 Å². The summed E-state index contributed by atoms with van der Waals surface area (Å²) in [6.45, 7) is 1.75. The van der Waals surface area contributed by atoms with Crippen molar-refractivity contribution in [3.05, 3.63) is 83.9 Å². The molecular formula is C40H47ClN4O7. The number of fused-ring (bicyclic) bond motifs is 9. The first-order valence-corrected chi connectivity index (χ1v) is 17.2. The van der Waals surface area contributed by atoms with E-state index in [2.05, 4.69) is 22.0 Å². The number of ether oxygens (including phenoxy) is 3. The van der Waals surface area contributed by atoms with Crippen molar-refractivity contribution in [2.24, 2.45) is 5.73 Å². The number of rotatable bonds is 8. The van der Waals surface area contributed by atoms with Gasteiger partial charge >= 0.3 is 5.97 Å². The number of carbonyl (C=O) groups excluding carboxylic acids is 4. The van der Waals surface area contributed by atoms with Crippen LogP contribution in [0.25, 0.3) is 32.7 Å². The molecular weight excluding hydrogens is 684 g/mol. The highest BCUT2D eigenvalue weighted by molar-refractivity contribution is 6.11. The van der Waals surface area contributed by atoms with Crippen LogP contribution in [0.5, 0.6) is 11.5 Å². The van der Waals surface area contributed by atoms with Crippen LogP contribution in [0.4, 0.5) is 0 Å². The van der Waals surface area contributed by atoms with E-state index in [1.807, 2.05) is 66.7 Å². The number of nitrogens with one attached hydrogen (secondary N) is 3. The maximum absolute atomic E-state index is 14.1. The van der Waals surface area contributed by atoms with Gasteiger partial charge in [-0.25, -0.2) is 4.79 Å². The fourth-order valence-corrected chi connectivity index (χ4v) is 6.82. The predicted molar refractivity (Wildman–Crippen MR) is 205 cm³/mol. The van der Waals surface area contributed by atoms with Crippen molar-refractivity contribution in [2.75, 3.05) is 27.9 Å². The van der Waals surface area contributed by atoms with Crippen LogP contribution in [0.2, 0.25) is 0 Å². The molecule has 0 radical (unpaired) electrons. The van der Waals surface area contributed by atoms with Crippen molar-refractivity contribution in [2.45, 2.75) is 63.6 Å². The van der Waals surface area contributed by atoms with Gasteiger partial charge in [0.2, 0.25) is 17.7 Å². The Hall–Kier alpha value is -5.13. The Bertz CT molecular complexity index is 1960. The number of hydrogen-bond acceptors (Lipinski definition) is 8. The van der Waals surface area contributed by atoms with Crippen molar-refractivity contribution >= 4 is 57.6 Å². The van der Waals surface area contributed by atoms with Gasteiger partial charge in [-0.3, -0.25) is 14.4 Å². The minimum absolute atomic E-state index is 0. The molecule has 5 N–H and O–H groups in total. The number of carbonyl (C=O) groups is 4. The van der Waals surface area contributed by atoms with Crippen LogP contribution >= 0.6 is 12.4 Å². The summed E-state index contributed by atoms with van der Waals surface area (Å²) < 4.78 is 17.4. The third-order valence-corrected chi connectivity index (χ3v) is 9.19. The number of halogens is 1. The zero-order chi connectivity index (χ0) is 36.5. The van der Waals surface area contributed by atoms with Gasteiger partial charge in [0.1, 0.15) is 29.6 Å². The summed E-state index contributed by atoms with van der Waals surface area (Å²) in [5.74, 6) is -0.955. The molecule has 4 aromatic carbocycles. The van der Waals surface area contributed by atoms with E-state index in [1.54, 1.807) is 14.2 Å². The monoisotopic (exact) mass is 730 g/mol. The molecule has 0 aliphatic carbocycles. The maximum Gasteiger partial charge on any atom is 0.328 e. The average molecular weight is 731 g/mol.